The average molecular weight is 382 g/mol. The predicted octanol–water partition coefficient (Wildman–Crippen LogP) is 2.84. The Bertz CT molecular complexity index is 932. The minimum Gasteiger partial charge on any atom is -0.326 e. The van der Waals surface area contributed by atoms with E-state index in [1.165, 1.54) is 17.7 Å². The molecule has 0 aliphatic rings. The molecular formula is C17H17F3N4O3. The molecule has 0 bridgehead atoms. The molecule has 1 heterocycles. The minimum atomic E-state index is -4.81. The van der Waals surface area contributed by atoms with E-state index in [1.807, 2.05) is 5.32 Å². The molecule has 2 amide bonds. The van der Waals surface area contributed by atoms with Crippen molar-refractivity contribution in [2.24, 2.45) is 7.05 Å². The number of carbonyl (C=O) groups excluding carboxylic acids is 3. The molecule has 0 fully saturated rings. The van der Waals surface area contributed by atoms with Crippen LogP contribution < -0.4 is 10.6 Å². The Morgan fingerprint density at radius 3 is 2.22 bits per heavy atom. The molecule has 2 aromatic rings. The molecule has 0 atom stereocenters. The van der Waals surface area contributed by atoms with E-state index in [0.29, 0.717) is 17.5 Å². The van der Waals surface area contributed by atoms with Gasteiger partial charge in [-0.1, -0.05) is 0 Å². The summed E-state index contributed by atoms with van der Waals surface area (Å²) in [7, 11) is 1.58. The molecule has 0 spiro atoms. The standard InChI is InChI=1S/C17H17F3N4O3/c1-8-14(9(2)24(4)23-8)15(26)16(27)22-13-6-5-11(21-10(3)25)7-12(13)17(18,19)20/h5-7H,1-4H3,(H,21,25)(H,22,27). The Kier molecular flexibility index (Phi) is 5.38. The van der Waals surface area contributed by atoms with Gasteiger partial charge in [0.25, 0.3) is 11.7 Å². The second kappa shape index (κ2) is 7.22. The van der Waals surface area contributed by atoms with Crippen LogP contribution in [-0.4, -0.2) is 27.4 Å². The summed E-state index contributed by atoms with van der Waals surface area (Å²) in [5.41, 5.74) is -1.10. The first-order chi connectivity index (χ1) is 12.4. The lowest BCUT2D eigenvalue weighted by Gasteiger charge is -2.15. The summed E-state index contributed by atoms with van der Waals surface area (Å²) in [6.45, 7) is 4.25. The third-order valence-electron chi connectivity index (χ3n) is 3.84. The van der Waals surface area contributed by atoms with Gasteiger partial charge in [0.15, 0.2) is 0 Å². The number of aromatic nitrogens is 2. The molecule has 0 radical (unpaired) electrons. The van der Waals surface area contributed by atoms with Gasteiger partial charge in [-0.2, -0.15) is 18.3 Å². The molecule has 7 nitrogen and oxygen atoms in total. The van der Waals surface area contributed by atoms with E-state index in [9.17, 15) is 27.6 Å². The molecule has 0 saturated heterocycles. The average Bonchev–Trinajstić information content (AvgIpc) is 2.79. The lowest BCUT2D eigenvalue weighted by atomic mass is 10.1. The number of nitrogens with one attached hydrogen (secondary N) is 2. The fourth-order valence-electron chi connectivity index (χ4n) is 2.56. The van der Waals surface area contributed by atoms with Gasteiger partial charge in [-0.3, -0.25) is 19.1 Å². The summed E-state index contributed by atoms with van der Waals surface area (Å²) >= 11 is 0. The van der Waals surface area contributed by atoms with Gasteiger partial charge in [-0.15, -0.1) is 0 Å². The highest BCUT2D eigenvalue weighted by Crippen LogP contribution is 2.36. The first-order valence-electron chi connectivity index (χ1n) is 7.76. The van der Waals surface area contributed by atoms with E-state index >= 15 is 0 Å². The molecule has 2 N–H and O–H groups in total. The first-order valence-corrected chi connectivity index (χ1v) is 7.76. The number of hydrogen-bond donors (Lipinski definition) is 2. The van der Waals surface area contributed by atoms with Crippen molar-refractivity contribution in [2.45, 2.75) is 26.9 Å². The smallest absolute Gasteiger partial charge is 0.326 e. The van der Waals surface area contributed by atoms with Crippen molar-refractivity contribution in [1.29, 1.82) is 0 Å². The van der Waals surface area contributed by atoms with Crippen molar-refractivity contribution >= 4 is 29.0 Å². The molecule has 0 aliphatic heterocycles. The maximum absolute atomic E-state index is 13.3. The second-order valence-corrected chi connectivity index (χ2v) is 5.89. The number of rotatable bonds is 4. The summed E-state index contributed by atoms with van der Waals surface area (Å²) in [6, 6.07) is 2.85. The molecule has 1 aromatic heterocycles. The van der Waals surface area contributed by atoms with E-state index in [-0.39, 0.29) is 11.3 Å². The van der Waals surface area contributed by atoms with Crippen LogP contribution in [0.3, 0.4) is 0 Å². The highest BCUT2D eigenvalue weighted by Gasteiger charge is 2.35. The van der Waals surface area contributed by atoms with Crippen LogP contribution in [0.5, 0.6) is 0 Å². The Morgan fingerprint density at radius 2 is 1.74 bits per heavy atom. The molecule has 0 aliphatic carbocycles. The van der Waals surface area contributed by atoms with Crippen LogP contribution in [0.25, 0.3) is 0 Å². The van der Waals surface area contributed by atoms with Crippen molar-refractivity contribution < 1.29 is 27.6 Å². The summed E-state index contributed by atoms with van der Waals surface area (Å²) in [6.07, 6.45) is -4.81. The highest BCUT2D eigenvalue weighted by atomic mass is 19.4. The predicted molar refractivity (Wildman–Crippen MR) is 91.4 cm³/mol. The summed E-state index contributed by atoms with van der Waals surface area (Å²) in [5.74, 6) is -2.75. The number of amides is 2. The van der Waals surface area contributed by atoms with Gasteiger partial charge < -0.3 is 10.6 Å². The maximum atomic E-state index is 13.3. The minimum absolute atomic E-state index is 0.0402. The molecule has 144 valence electrons. The fourth-order valence-corrected chi connectivity index (χ4v) is 2.56. The third kappa shape index (κ3) is 4.33. The van der Waals surface area contributed by atoms with Crippen LogP contribution in [-0.2, 0) is 22.8 Å². The number of halogens is 3. The molecule has 0 saturated carbocycles. The van der Waals surface area contributed by atoms with Crippen LogP contribution in [0.1, 0.15) is 34.2 Å². The van der Waals surface area contributed by atoms with Crippen molar-refractivity contribution in [3.05, 3.63) is 40.7 Å². The second-order valence-electron chi connectivity index (χ2n) is 5.89. The van der Waals surface area contributed by atoms with Gasteiger partial charge in [-0.05, 0) is 32.0 Å². The quantitative estimate of drug-likeness (QED) is 0.628. The number of hydrogen-bond acceptors (Lipinski definition) is 4. The summed E-state index contributed by atoms with van der Waals surface area (Å²) in [5, 5.41) is 8.25. The number of Topliss-reactive ketones (excluding diaryl/α,β-unsaturated/α-hetero) is 1. The molecule has 2 rings (SSSR count). The molecular weight excluding hydrogens is 365 g/mol. The first kappa shape index (κ1) is 20.1. The van der Waals surface area contributed by atoms with Crippen molar-refractivity contribution in [1.82, 2.24) is 9.78 Å². The lowest BCUT2D eigenvalue weighted by Crippen LogP contribution is -2.25. The number of benzene rings is 1. The molecule has 1 aromatic carbocycles. The number of nitrogens with zero attached hydrogens (tertiary/aromatic N) is 2. The van der Waals surface area contributed by atoms with Crippen molar-refractivity contribution in [3.63, 3.8) is 0 Å². The topological polar surface area (TPSA) is 93.1 Å². The summed E-state index contributed by atoms with van der Waals surface area (Å²) in [4.78, 5) is 35.6. The van der Waals surface area contributed by atoms with Crippen LogP contribution >= 0.6 is 0 Å². The van der Waals surface area contributed by atoms with Gasteiger partial charge in [0.1, 0.15) is 0 Å². The largest absolute Gasteiger partial charge is 0.418 e. The number of alkyl halides is 3. The Labute approximate surface area is 152 Å². The number of ketones is 1. The third-order valence-corrected chi connectivity index (χ3v) is 3.84. The van der Waals surface area contributed by atoms with Crippen LogP contribution in [0, 0.1) is 13.8 Å². The monoisotopic (exact) mass is 382 g/mol. The molecule has 0 unspecified atom stereocenters. The fraction of sp³-hybridized carbons (Fsp3) is 0.294. The maximum Gasteiger partial charge on any atom is 0.418 e. The normalized spacial score (nSPS) is 11.2. The molecule has 27 heavy (non-hydrogen) atoms. The Balaban J connectivity index is 2.36. The van der Waals surface area contributed by atoms with E-state index in [4.69, 9.17) is 0 Å². The van der Waals surface area contributed by atoms with Gasteiger partial charge >= 0.3 is 6.18 Å². The lowest BCUT2D eigenvalue weighted by molar-refractivity contribution is -0.137. The van der Waals surface area contributed by atoms with E-state index in [0.717, 1.165) is 13.0 Å². The Hall–Kier alpha value is -3.17. The van der Waals surface area contributed by atoms with Crippen molar-refractivity contribution in [2.75, 3.05) is 10.6 Å². The Morgan fingerprint density at radius 1 is 1.11 bits per heavy atom. The van der Waals surface area contributed by atoms with E-state index in [1.54, 1.807) is 14.0 Å². The number of carbonyl (C=O) groups is 3. The van der Waals surface area contributed by atoms with Gasteiger partial charge in [0, 0.05) is 25.4 Å². The van der Waals surface area contributed by atoms with Crippen LogP contribution in [0.15, 0.2) is 18.2 Å². The zero-order valence-corrected chi connectivity index (χ0v) is 15.0. The SMILES string of the molecule is CC(=O)Nc1ccc(NC(=O)C(=O)c2c(C)nn(C)c2C)c(C(F)(F)F)c1. The van der Waals surface area contributed by atoms with Crippen LogP contribution in [0.2, 0.25) is 0 Å². The highest BCUT2D eigenvalue weighted by molar-refractivity contribution is 6.47. The van der Waals surface area contributed by atoms with Crippen LogP contribution in [0.4, 0.5) is 24.5 Å². The van der Waals surface area contributed by atoms with Crippen molar-refractivity contribution in [3.8, 4) is 0 Å². The number of aryl methyl sites for hydroxylation is 2. The van der Waals surface area contributed by atoms with Gasteiger partial charge in [0.05, 0.1) is 22.5 Å². The zero-order valence-electron chi connectivity index (χ0n) is 15.0. The molecule has 10 heteroatoms. The van der Waals surface area contributed by atoms with Gasteiger partial charge in [0.2, 0.25) is 5.91 Å². The van der Waals surface area contributed by atoms with E-state index < -0.39 is 35.0 Å². The van der Waals surface area contributed by atoms with E-state index in [2.05, 4.69) is 10.4 Å². The van der Waals surface area contributed by atoms with Gasteiger partial charge in [-0.25, -0.2) is 0 Å². The summed E-state index contributed by atoms with van der Waals surface area (Å²) < 4.78 is 41.3. The number of anilines is 2. The zero-order chi connectivity index (χ0) is 20.5.